The molecule has 0 spiro atoms. The van der Waals surface area contributed by atoms with Crippen molar-refractivity contribution in [1.82, 2.24) is 4.90 Å². The summed E-state index contributed by atoms with van der Waals surface area (Å²) in [5, 5.41) is 2.87. The maximum Gasteiger partial charge on any atom is 0.316 e. The van der Waals surface area contributed by atoms with E-state index in [0.29, 0.717) is 35.7 Å². The van der Waals surface area contributed by atoms with E-state index >= 15 is 0 Å². The normalized spacial score (nSPS) is 13.1. The van der Waals surface area contributed by atoms with Crippen LogP contribution in [0.25, 0.3) is 0 Å². The summed E-state index contributed by atoms with van der Waals surface area (Å²) in [6.45, 7) is 3.74. The Morgan fingerprint density at radius 2 is 2.00 bits per heavy atom. The predicted octanol–water partition coefficient (Wildman–Crippen LogP) is 2.46. The molecule has 1 aromatic carbocycles. The lowest BCUT2D eigenvalue weighted by atomic mass is 10.1. The Balaban J connectivity index is 1.98. The molecule has 0 radical (unpaired) electrons. The van der Waals surface area contributed by atoms with Crippen LogP contribution in [0.15, 0.2) is 42.6 Å². The van der Waals surface area contributed by atoms with Crippen LogP contribution in [0.3, 0.4) is 0 Å². The van der Waals surface area contributed by atoms with Crippen molar-refractivity contribution in [2.24, 2.45) is 0 Å². The monoisotopic (exact) mass is 339 g/mol. The van der Waals surface area contributed by atoms with Crippen LogP contribution in [-0.2, 0) is 4.79 Å². The standard InChI is InChI=1S/C19H22N4O2/c1-3-12-22(2)13-10-17(24)23-16-9-5-4-7-14(16)19(25)21-15-8-6-11-20-18(15)23/h4-9,11H,3,10,12-13H2,1-2H3,(H,21,25)/p+1. The molecular weight excluding hydrogens is 316 g/mol. The number of rotatable bonds is 5. The number of nitrogens with zero attached hydrogens (tertiary/aromatic N) is 2. The lowest BCUT2D eigenvalue weighted by Crippen LogP contribution is -2.34. The van der Waals surface area contributed by atoms with Crippen LogP contribution in [0.1, 0.15) is 30.1 Å². The van der Waals surface area contributed by atoms with Gasteiger partial charge in [-0.3, -0.25) is 4.79 Å². The number of hydrogen-bond donors (Lipinski definition) is 1. The molecule has 0 fully saturated rings. The Morgan fingerprint density at radius 1 is 1.20 bits per heavy atom. The van der Waals surface area contributed by atoms with E-state index in [1.54, 1.807) is 41.4 Å². The van der Waals surface area contributed by atoms with E-state index in [4.69, 9.17) is 0 Å². The Kier molecular flexibility index (Phi) is 5.09. The van der Waals surface area contributed by atoms with Crippen molar-refractivity contribution >= 4 is 29.0 Å². The number of benzene rings is 1. The molecule has 2 aromatic rings. The molecule has 0 saturated carbocycles. The van der Waals surface area contributed by atoms with Crippen LogP contribution in [0, 0.1) is 0 Å². The molecule has 0 aliphatic carbocycles. The average molecular weight is 339 g/mol. The highest BCUT2D eigenvalue weighted by Crippen LogP contribution is 2.34. The lowest BCUT2D eigenvalue weighted by molar-refractivity contribution is -0.361. The Labute approximate surface area is 147 Å². The van der Waals surface area contributed by atoms with E-state index in [0.717, 1.165) is 13.0 Å². The summed E-state index contributed by atoms with van der Waals surface area (Å²) in [7, 11) is 2.01. The first kappa shape index (κ1) is 17.1. The van der Waals surface area contributed by atoms with Crippen molar-refractivity contribution in [3.8, 4) is 0 Å². The third-order valence-electron chi connectivity index (χ3n) is 4.26. The zero-order valence-electron chi connectivity index (χ0n) is 14.6. The SMILES string of the molecule is CCCN(C)CCC(=O)N1c2ccccc2C(=O)Nc2ccc[nH+]c21. The molecule has 6 nitrogen and oxygen atoms in total. The van der Waals surface area contributed by atoms with Gasteiger partial charge in [0, 0.05) is 6.54 Å². The summed E-state index contributed by atoms with van der Waals surface area (Å²) in [4.78, 5) is 32.4. The van der Waals surface area contributed by atoms with Crippen molar-refractivity contribution < 1.29 is 14.6 Å². The molecule has 1 aliphatic heterocycles. The van der Waals surface area contributed by atoms with Crippen molar-refractivity contribution in [2.75, 3.05) is 30.4 Å². The van der Waals surface area contributed by atoms with E-state index < -0.39 is 0 Å². The highest BCUT2D eigenvalue weighted by atomic mass is 16.2. The topological polar surface area (TPSA) is 66.8 Å². The molecule has 6 heteroatoms. The molecule has 1 aliphatic rings. The van der Waals surface area contributed by atoms with Gasteiger partial charge in [0.25, 0.3) is 5.91 Å². The molecule has 0 atom stereocenters. The molecule has 2 N–H and O–H groups in total. The first-order valence-corrected chi connectivity index (χ1v) is 8.54. The number of nitrogens with one attached hydrogen (secondary N) is 2. The number of carbonyl (C=O) groups is 2. The van der Waals surface area contributed by atoms with Gasteiger partial charge in [0.05, 0.1) is 18.2 Å². The second-order valence-electron chi connectivity index (χ2n) is 6.19. The molecular formula is C19H23N4O2+. The molecule has 25 heavy (non-hydrogen) atoms. The molecule has 130 valence electrons. The number of fused-ring (bicyclic) bond motifs is 2. The summed E-state index contributed by atoms with van der Waals surface area (Å²) in [6, 6.07) is 10.8. The van der Waals surface area contributed by atoms with Crippen LogP contribution in [0.4, 0.5) is 17.2 Å². The molecule has 3 rings (SSSR count). The van der Waals surface area contributed by atoms with Crippen LogP contribution in [0.2, 0.25) is 0 Å². The Bertz CT molecular complexity index is 790. The van der Waals surface area contributed by atoms with Gasteiger partial charge >= 0.3 is 11.7 Å². The fourth-order valence-corrected chi connectivity index (χ4v) is 3.04. The molecule has 2 amide bonds. The molecule has 0 saturated heterocycles. The van der Waals surface area contributed by atoms with Crippen LogP contribution >= 0.6 is 0 Å². The van der Waals surface area contributed by atoms with E-state index in [9.17, 15) is 9.59 Å². The summed E-state index contributed by atoms with van der Waals surface area (Å²) < 4.78 is 0. The Hall–Kier alpha value is -2.73. The second-order valence-corrected chi connectivity index (χ2v) is 6.19. The number of H-pyrrole nitrogens is 1. The van der Waals surface area contributed by atoms with E-state index in [1.807, 2.05) is 13.1 Å². The zero-order valence-corrected chi connectivity index (χ0v) is 14.6. The lowest BCUT2D eigenvalue weighted by Gasteiger charge is -2.18. The quantitative estimate of drug-likeness (QED) is 0.910. The number of carbonyl (C=O) groups excluding carboxylic acids is 2. The van der Waals surface area contributed by atoms with Crippen molar-refractivity contribution in [2.45, 2.75) is 19.8 Å². The third-order valence-corrected chi connectivity index (χ3v) is 4.26. The number of anilines is 3. The number of hydrogen-bond acceptors (Lipinski definition) is 3. The zero-order chi connectivity index (χ0) is 17.8. The molecule has 2 heterocycles. The molecule has 1 aromatic heterocycles. The maximum absolute atomic E-state index is 13.0. The molecule has 0 bridgehead atoms. The predicted molar refractivity (Wildman–Crippen MR) is 96.9 cm³/mol. The minimum atomic E-state index is -0.213. The van der Waals surface area contributed by atoms with Gasteiger partial charge in [-0.25, -0.2) is 9.78 Å². The van der Waals surface area contributed by atoms with Gasteiger partial charge in [-0.2, -0.15) is 4.90 Å². The summed E-state index contributed by atoms with van der Waals surface area (Å²) >= 11 is 0. The van der Waals surface area contributed by atoms with Crippen LogP contribution in [0.5, 0.6) is 0 Å². The number of aromatic nitrogens is 1. The first-order valence-electron chi connectivity index (χ1n) is 8.54. The Morgan fingerprint density at radius 3 is 2.80 bits per heavy atom. The second kappa shape index (κ2) is 7.44. The van der Waals surface area contributed by atoms with Gasteiger partial charge in [-0.05, 0) is 44.3 Å². The first-order chi connectivity index (χ1) is 12.1. The van der Waals surface area contributed by atoms with Crippen LogP contribution < -0.4 is 15.2 Å². The van der Waals surface area contributed by atoms with E-state index in [2.05, 4.69) is 22.1 Å². The van der Waals surface area contributed by atoms with E-state index in [1.165, 1.54) is 0 Å². The van der Waals surface area contributed by atoms with Gasteiger partial charge in [0.15, 0.2) is 0 Å². The number of pyridine rings is 1. The summed E-state index contributed by atoms with van der Waals surface area (Å²) in [5.74, 6) is 0.328. The minimum absolute atomic E-state index is 0.0457. The smallest absolute Gasteiger partial charge is 0.315 e. The highest BCUT2D eigenvalue weighted by Gasteiger charge is 2.36. The number of aromatic amines is 1. The van der Waals surface area contributed by atoms with E-state index in [-0.39, 0.29) is 11.8 Å². The largest absolute Gasteiger partial charge is 0.316 e. The van der Waals surface area contributed by atoms with Gasteiger partial charge in [-0.15, -0.1) is 0 Å². The fourth-order valence-electron chi connectivity index (χ4n) is 3.04. The van der Waals surface area contributed by atoms with Gasteiger partial charge in [0.2, 0.25) is 0 Å². The molecule has 0 unspecified atom stereocenters. The average Bonchev–Trinajstić information content (AvgIpc) is 2.74. The number of amides is 2. The third kappa shape index (κ3) is 3.53. The van der Waals surface area contributed by atoms with Gasteiger partial charge in [0.1, 0.15) is 11.4 Å². The summed E-state index contributed by atoms with van der Waals surface area (Å²) in [6.07, 6.45) is 3.18. The van der Waals surface area contributed by atoms with Gasteiger partial charge < -0.3 is 10.2 Å². The van der Waals surface area contributed by atoms with Gasteiger partial charge in [-0.1, -0.05) is 19.1 Å². The van der Waals surface area contributed by atoms with Crippen molar-refractivity contribution in [3.05, 3.63) is 48.2 Å². The maximum atomic E-state index is 13.0. The van der Waals surface area contributed by atoms with Crippen LogP contribution in [-0.4, -0.2) is 36.9 Å². The fraction of sp³-hybridized carbons (Fsp3) is 0.316. The summed E-state index contributed by atoms with van der Waals surface area (Å²) in [5.41, 5.74) is 1.69. The number of para-hydroxylation sites is 1. The highest BCUT2D eigenvalue weighted by molar-refractivity contribution is 6.16. The van der Waals surface area contributed by atoms with Crippen molar-refractivity contribution in [1.29, 1.82) is 0 Å². The van der Waals surface area contributed by atoms with Crippen molar-refractivity contribution in [3.63, 3.8) is 0 Å². The minimum Gasteiger partial charge on any atom is -0.315 e.